The van der Waals surface area contributed by atoms with Crippen molar-refractivity contribution in [2.24, 2.45) is 10.8 Å². The molecule has 0 spiro atoms. The van der Waals surface area contributed by atoms with Crippen LogP contribution in [0, 0.1) is 10.8 Å². The van der Waals surface area contributed by atoms with Crippen molar-refractivity contribution in [2.75, 3.05) is 19.7 Å². The summed E-state index contributed by atoms with van der Waals surface area (Å²) in [6, 6.07) is 3.21. The molecule has 0 saturated carbocycles. The molecule has 1 aliphatic heterocycles. The summed E-state index contributed by atoms with van der Waals surface area (Å²) in [6.07, 6.45) is 20.6. The highest BCUT2D eigenvalue weighted by Crippen LogP contribution is 2.35. The fourth-order valence-electron chi connectivity index (χ4n) is 5.99. The predicted octanol–water partition coefficient (Wildman–Crippen LogP) is 8.08. The molecule has 2 rings (SSSR count). The van der Waals surface area contributed by atoms with Gasteiger partial charge >= 0.3 is 5.97 Å². The summed E-state index contributed by atoms with van der Waals surface area (Å²) >= 11 is 0. The Morgan fingerprint density at radius 3 is 2.13 bits per heavy atom. The maximum absolute atomic E-state index is 13.3. The molecule has 2 unspecified atom stereocenters. The van der Waals surface area contributed by atoms with Crippen LogP contribution < -0.4 is 10.6 Å². The molecule has 1 fully saturated rings. The SMILES string of the molecule is CCCCCCCCC=CCCCCCCC(C)(C)C(=O)NCCC(CNC(=O)C1OC(C)(C)OCC1(C)C)(C(=O)O)c1ccco1. The number of amides is 2. The molecular weight excluding hydrogens is 596 g/mol. The first-order valence-electron chi connectivity index (χ1n) is 18.0. The smallest absolute Gasteiger partial charge is 0.319 e. The molecule has 0 radical (unpaired) electrons. The first kappa shape index (κ1) is 40.5. The number of rotatable bonds is 23. The molecule has 2 atom stereocenters. The number of hydrogen-bond acceptors (Lipinski definition) is 6. The molecule has 9 heteroatoms. The van der Waals surface area contributed by atoms with Crippen LogP contribution in [-0.4, -0.2) is 54.5 Å². The minimum Gasteiger partial charge on any atom is -0.480 e. The Morgan fingerprint density at radius 1 is 0.915 bits per heavy atom. The third-order valence-electron chi connectivity index (χ3n) is 9.37. The van der Waals surface area contributed by atoms with Crippen LogP contribution >= 0.6 is 0 Å². The van der Waals surface area contributed by atoms with Gasteiger partial charge in [0.25, 0.3) is 0 Å². The number of carboxylic acid groups (broad SMARTS) is 1. The second-order valence-electron chi connectivity index (χ2n) is 15.1. The number of furan rings is 1. The first-order valence-corrected chi connectivity index (χ1v) is 18.0. The third-order valence-corrected chi connectivity index (χ3v) is 9.37. The van der Waals surface area contributed by atoms with Gasteiger partial charge in [0.05, 0.1) is 12.9 Å². The number of hydrogen-bond donors (Lipinski definition) is 3. The van der Waals surface area contributed by atoms with Crippen LogP contribution in [0.1, 0.15) is 144 Å². The molecule has 1 aromatic rings. The van der Waals surface area contributed by atoms with Crippen LogP contribution in [0.2, 0.25) is 0 Å². The van der Waals surface area contributed by atoms with E-state index in [4.69, 9.17) is 13.9 Å². The first-order chi connectivity index (χ1) is 22.2. The van der Waals surface area contributed by atoms with Gasteiger partial charge in [-0.15, -0.1) is 0 Å². The lowest BCUT2D eigenvalue weighted by Crippen LogP contribution is -2.58. The number of ether oxygens (including phenoxy) is 2. The summed E-state index contributed by atoms with van der Waals surface area (Å²) in [4.78, 5) is 39.3. The van der Waals surface area contributed by atoms with Crippen molar-refractivity contribution in [1.82, 2.24) is 10.6 Å². The van der Waals surface area contributed by atoms with Crippen molar-refractivity contribution in [3.05, 3.63) is 36.3 Å². The van der Waals surface area contributed by atoms with E-state index in [1.54, 1.807) is 26.0 Å². The van der Waals surface area contributed by atoms with Crippen LogP contribution in [0.3, 0.4) is 0 Å². The van der Waals surface area contributed by atoms with E-state index >= 15 is 0 Å². The summed E-state index contributed by atoms with van der Waals surface area (Å²) < 4.78 is 17.2. The van der Waals surface area contributed by atoms with Gasteiger partial charge in [0.15, 0.2) is 5.79 Å². The van der Waals surface area contributed by atoms with E-state index in [-0.39, 0.29) is 31.2 Å². The predicted molar refractivity (Wildman–Crippen MR) is 186 cm³/mol. The van der Waals surface area contributed by atoms with E-state index in [1.165, 1.54) is 51.2 Å². The second kappa shape index (κ2) is 19.4. The Balaban J connectivity index is 1.82. The van der Waals surface area contributed by atoms with Crippen molar-refractivity contribution in [3.63, 3.8) is 0 Å². The minimum absolute atomic E-state index is 0.0356. The molecule has 47 heavy (non-hydrogen) atoms. The van der Waals surface area contributed by atoms with Crippen molar-refractivity contribution in [1.29, 1.82) is 0 Å². The van der Waals surface area contributed by atoms with Crippen LogP contribution in [0.25, 0.3) is 0 Å². The quantitative estimate of drug-likeness (QED) is 0.0800. The van der Waals surface area contributed by atoms with E-state index in [2.05, 4.69) is 29.7 Å². The molecule has 1 saturated heterocycles. The lowest BCUT2D eigenvalue weighted by molar-refractivity contribution is -0.304. The molecule has 3 N–H and O–H groups in total. The van der Waals surface area contributed by atoms with Gasteiger partial charge in [-0.25, -0.2) is 0 Å². The number of aliphatic carboxylic acids is 1. The highest BCUT2D eigenvalue weighted by molar-refractivity contribution is 5.85. The van der Waals surface area contributed by atoms with Crippen molar-refractivity contribution < 1.29 is 33.4 Å². The van der Waals surface area contributed by atoms with Crippen molar-refractivity contribution in [2.45, 2.75) is 156 Å². The van der Waals surface area contributed by atoms with E-state index in [1.807, 2.05) is 27.7 Å². The summed E-state index contributed by atoms with van der Waals surface area (Å²) in [5.74, 6) is -2.41. The number of carbonyl (C=O) groups is 3. The molecule has 268 valence electrons. The monoisotopic (exact) mass is 660 g/mol. The maximum Gasteiger partial charge on any atom is 0.319 e. The van der Waals surface area contributed by atoms with Crippen LogP contribution in [0.15, 0.2) is 35.0 Å². The molecule has 0 bridgehead atoms. The highest BCUT2D eigenvalue weighted by atomic mass is 16.7. The fourth-order valence-corrected chi connectivity index (χ4v) is 5.99. The van der Waals surface area contributed by atoms with E-state index in [9.17, 15) is 19.5 Å². The Morgan fingerprint density at radius 2 is 1.53 bits per heavy atom. The third kappa shape index (κ3) is 13.4. The zero-order chi connectivity index (χ0) is 35.0. The molecule has 1 aliphatic rings. The van der Waals surface area contributed by atoms with E-state index in [0.717, 1.165) is 38.5 Å². The largest absolute Gasteiger partial charge is 0.480 e. The summed E-state index contributed by atoms with van der Waals surface area (Å²) in [5.41, 5.74) is -2.77. The van der Waals surface area contributed by atoms with Crippen LogP contribution in [-0.2, 0) is 29.3 Å². The Labute approximate surface area is 284 Å². The van der Waals surface area contributed by atoms with Gasteiger partial charge in [-0.2, -0.15) is 0 Å². The molecule has 2 amide bonds. The fraction of sp³-hybridized carbons (Fsp3) is 0.763. The lowest BCUT2D eigenvalue weighted by Gasteiger charge is -2.45. The normalized spacial score (nSPS) is 18.9. The molecule has 2 heterocycles. The molecule has 1 aromatic heterocycles. The lowest BCUT2D eigenvalue weighted by atomic mass is 9.80. The molecule has 0 aliphatic carbocycles. The van der Waals surface area contributed by atoms with Gasteiger partial charge < -0.3 is 29.6 Å². The minimum atomic E-state index is -1.58. The van der Waals surface area contributed by atoms with Gasteiger partial charge in [0, 0.05) is 23.9 Å². The second-order valence-corrected chi connectivity index (χ2v) is 15.1. The molecule has 9 nitrogen and oxygen atoms in total. The number of carbonyl (C=O) groups excluding carboxylic acids is 2. The maximum atomic E-state index is 13.3. The summed E-state index contributed by atoms with van der Waals surface area (Å²) in [7, 11) is 0. The number of unbranched alkanes of at least 4 members (excludes halogenated alkanes) is 10. The average molecular weight is 661 g/mol. The van der Waals surface area contributed by atoms with Gasteiger partial charge in [0.2, 0.25) is 11.8 Å². The molecule has 0 aromatic carbocycles. The average Bonchev–Trinajstić information content (AvgIpc) is 3.55. The van der Waals surface area contributed by atoms with Gasteiger partial charge in [-0.05, 0) is 64.5 Å². The number of allylic oxidation sites excluding steroid dienone is 2. The molecular formula is C38H64N2O7. The van der Waals surface area contributed by atoms with E-state index in [0.29, 0.717) is 6.61 Å². The van der Waals surface area contributed by atoms with Crippen molar-refractivity contribution in [3.8, 4) is 0 Å². The van der Waals surface area contributed by atoms with E-state index < -0.39 is 40.0 Å². The Kier molecular flexibility index (Phi) is 16.7. The van der Waals surface area contributed by atoms with Gasteiger partial charge in [0.1, 0.15) is 17.3 Å². The highest BCUT2D eigenvalue weighted by Gasteiger charge is 2.48. The zero-order valence-electron chi connectivity index (χ0n) is 30.4. The van der Waals surface area contributed by atoms with Gasteiger partial charge in [-0.1, -0.05) is 98.1 Å². The van der Waals surface area contributed by atoms with Gasteiger partial charge in [-0.3, -0.25) is 14.4 Å². The number of nitrogens with one attached hydrogen (secondary N) is 2. The van der Waals surface area contributed by atoms with Crippen LogP contribution in [0.4, 0.5) is 0 Å². The Hall–Kier alpha value is -2.65. The van der Waals surface area contributed by atoms with Crippen molar-refractivity contribution >= 4 is 17.8 Å². The summed E-state index contributed by atoms with van der Waals surface area (Å²) in [5, 5.41) is 16.2. The van der Waals surface area contributed by atoms with Crippen LogP contribution in [0.5, 0.6) is 0 Å². The topological polar surface area (TPSA) is 127 Å². The zero-order valence-corrected chi connectivity index (χ0v) is 30.4. The summed E-state index contributed by atoms with van der Waals surface area (Å²) in [6.45, 7) is 13.6. The number of carboxylic acids is 1. The standard InChI is InChI=1S/C38H64N2O7/c1-8-9-10-11-12-13-14-15-16-17-18-19-20-21-24-35(2,3)33(42)39-26-25-38(34(43)44,30-23-22-27-45-30)28-40-32(41)31-36(4,5)29-46-37(6,7)47-31/h15-16,22-23,27,31H,8-14,17-21,24-26,28-29H2,1-7H3,(H,39,42)(H,40,41)(H,43,44). The Bertz CT molecular complexity index is 1110.